The van der Waals surface area contributed by atoms with E-state index in [9.17, 15) is 5.11 Å². The van der Waals surface area contributed by atoms with Gasteiger partial charge >= 0.3 is 0 Å². The first-order valence-electron chi connectivity index (χ1n) is 26.1. The topological polar surface area (TPSA) is 50.9 Å². The Balaban J connectivity index is 1.39. The molecule has 0 aliphatic carbocycles. The van der Waals surface area contributed by atoms with Gasteiger partial charge in [-0.3, -0.25) is 9.55 Å². The van der Waals surface area contributed by atoms with Crippen molar-refractivity contribution in [3.8, 4) is 67.5 Å². The lowest BCUT2D eigenvalue weighted by molar-refractivity contribution is 0.472. The van der Waals surface area contributed by atoms with Crippen molar-refractivity contribution in [2.45, 2.75) is 93.2 Å². The second-order valence-corrected chi connectivity index (χ2v) is 17.2. The van der Waals surface area contributed by atoms with E-state index < -0.39 is 60.6 Å². The third-order valence-corrected chi connectivity index (χ3v) is 11.1. The van der Waals surface area contributed by atoms with E-state index in [0.717, 1.165) is 16.7 Å². The Morgan fingerprint density at radius 1 is 0.650 bits per heavy atom. The van der Waals surface area contributed by atoms with Gasteiger partial charge in [-0.25, -0.2) is 4.98 Å². The summed E-state index contributed by atoms with van der Waals surface area (Å²) in [7, 11) is 0. The summed E-state index contributed by atoms with van der Waals surface area (Å²) in [5.41, 5.74) is 8.60. The summed E-state index contributed by atoms with van der Waals surface area (Å²) in [6.45, 7) is 11.6. The van der Waals surface area contributed by atoms with Crippen LogP contribution in [0.4, 0.5) is 0 Å². The van der Waals surface area contributed by atoms with E-state index in [4.69, 9.17) is 26.4 Å². The maximum absolute atomic E-state index is 11.8. The SMILES string of the molecule is [2H]c1c([2H])c(C([2H])([2H])[2H])c([2H])c([2H])c1-c1ccnc(-c2cc(-c3cccc4c3nc(-c3cc(C)cc(C)c3O)n4-c3ccc(-c4cc(C([2H])(C)C)cc(C([2H])(C)C)c4)cc3C([2H])([2H])[2H])cc(C(C)(C)C)c2)c1. The summed E-state index contributed by atoms with van der Waals surface area (Å²) in [6, 6.07) is 27.2. The first-order chi connectivity index (χ1) is 33.2. The van der Waals surface area contributed by atoms with Crippen molar-refractivity contribution in [3.63, 3.8) is 0 Å². The number of aryl methyl sites for hydroxylation is 3. The fourth-order valence-corrected chi connectivity index (χ4v) is 7.73. The predicted octanol–water partition coefficient (Wildman–Crippen LogP) is 15.2. The number of fused-ring (bicyclic) bond motifs is 1. The number of phenolic OH excluding ortho intramolecular Hbond substituents is 1. The van der Waals surface area contributed by atoms with E-state index in [0.29, 0.717) is 78.3 Å². The number of rotatable bonds is 8. The van der Waals surface area contributed by atoms with Gasteiger partial charge in [0, 0.05) is 28.3 Å². The molecule has 0 fully saturated rings. The third kappa shape index (κ3) is 7.79. The van der Waals surface area contributed by atoms with E-state index in [1.54, 1.807) is 63.5 Å². The summed E-state index contributed by atoms with van der Waals surface area (Å²) >= 11 is 0. The normalized spacial score (nSPS) is 15.6. The number of imidazole rings is 1. The van der Waals surface area contributed by atoms with Gasteiger partial charge in [0.05, 0.1) is 33.5 Å². The minimum Gasteiger partial charge on any atom is -0.507 e. The Kier molecular flexibility index (Phi) is 7.41. The highest BCUT2D eigenvalue weighted by Gasteiger charge is 2.24. The highest BCUT2D eigenvalue weighted by atomic mass is 16.3. The largest absolute Gasteiger partial charge is 0.507 e. The zero-order chi connectivity index (χ0) is 52.9. The molecule has 0 spiro atoms. The third-order valence-electron chi connectivity index (χ3n) is 11.1. The first kappa shape index (κ1) is 28.3. The minimum absolute atomic E-state index is 0.0103. The number of aromatic hydroxyl groups is 1. The van der Waals surface area contributed by atoms with Crippen LogP contribution < -0.4 is 0 Å². The van der Waals surface area contributed by atoms with Gasteiger partial charge in [-0.05, 0) is 154 Å². The molecule has 8 rings (SSSR count). The van der Waals surface area contributed by atoms with E-state index in [2.05, 4.69) is 26.8 Å². The maximum atomic E-state index is 11.8. The molecule has 8 aromatic rings. The lowest BCUT2D eigenvalue weighted by atomic mass is 9.83. The Labute approximate surface area is 373 Å². The number of phenols is 1. The van der Waals surface area contributed by atoms with Crippen molar-refractivity contribution in [1.82, 2.24) is 14.5 Å². The molecule has 0 saturated heterocycles. The van der Waals surface area contributed by atoms with Crippen LogP contribution in [-0.4, -0.2) is 19.6 Å². The molecule has 0 radical (unpaired) electrons. The number of hydrogen-bond donors (Lipinski definition) is 1. The summed E-state index contributed by atoms with van der Waals surface area (Å²) in [4.78, 5) is 10.0. The smallest absolute Gasteiger partial charge is 0.149 e. The van der Waals surface area contributed by atoms with Crippen molar-refractivity contribution in [1.29, 1.82) is 0 Å². The fourth-order valence-electron chi connectivity index (χ4n) is 7.73. The summed E-state index contributed by atoms with van der Waals surface area (Å²) < 4.78 is 105. The van der Waals surface area contributed by atoms with Crippen molar-refractivity contribution < 1.29 is 21.6 Å². The van der Waals surface area contributed by atoms with E-state index in [1.807, 2.05) is 73.7 Å². The monoisotopic (exact) mass is 800 g/mol. The van der Waals surface area contributed by atoms with E-state index >= 15 is 0 Å². The van der Waals surface area contributed by atoms with Gasteiger partial charge in [0.15, 0.2) is 0 Å². The molecular weight excluding hydrogens is 731 g/mol. The molecule has 0 bridgehead atoms. The summed E-state index contributed by atoms with van der Waals surface area (Å²) in [5.74, 6) is -1.70. The van der Waals surface area contributed by atoms with Crippen LogP contribution in [0.1, 0.15) is 116 Å². The van der Waals surface area contributed by atoms with Gasteiger partial charge in [0.1, 0.15) is 11.6 Å². The van der Waals surface area contributed by atoms with Crippen molar-refractivity contribution >= 4 is 11.0 Å². The molecule has 0 amide bonds. The van der Waals surface area contributed by atoms with Gasteiger partial charge < -0.3 is 5.11 Å². The predicted molar refractivity (Wildman–Crippen MR) is 254 cm³/mol. The number of nitrogens with zero attached hydrogens (tertiary/aromatic N) is 3. The van der Waals surface area contributed by atoms with Crippen LogP contribution >= 0.6 is 0 Å². The zero-order valence-corrected chi connectivity index (χ0v) is 35.6. The van der Waals surface area contributed by atoms with Gasteiger partial charge in [0.2, 0.25) is 0 Å². The van der Waals surface area contributed by atoms with Gasteiger partial charge in [-0.15, -0.1) is 0 Å². The molecule has 6 aromatic carbocycles. The van der Waals surface area contributed by atoms with Crippen molar-refractivity contribution in [2.75, 3.05) is 0 Å². The maximum Gasteiger partial charge on any atom is 0.149 e. The number of para-hydroxylation sites is 1. The van der Waals surface area contributed by atoms with Crippen LogP contribution in [0.25, 0.3) is 72.7 Å². The van der Waals surface area contributed by atoms with Crippen molar-refractivity contribution in [3.05, 3.63) is 166 Å². The van der Waals surface area contributed by atoms with Gasteiger partial charge in [-0.2, -0.15) is 0 Å². The molecule has 4 heteroatoms. The van der Waals surface area contributed by atoms with Crippen LogP contribution in [-0.2, 0) is 5.41 Å². The summed E-state index contributed by atoms with van der Waals surface area (Å²) in [6.07, 6.45) is 1.51. The van der Waals surface area contributed by atoms with Crippen LogP contribution in [0, 0.1) is 27.6 Å². The fraction of sp³-hybridized carbons (Fsp3) is 0.250. The molecule has 2 heterocycles. The van der Waals surface area contributed by atoms with Gasteiger partial charge in [-0.1, -0.05) is 127 Å². The number of pyridine rings is 1. The van der Waals surface area contributed by atoms with Crippen LogP contribution in [0.15, 0.2) is 127 Å². The molecule has 0 saturated carbocycles. The molecular formula is C56H57N3O. The average Bonchev–Trinajstić information content (AvgIpc) is 3.67. The first-order valence-corrected chi connectivity index (χ1v) is 20.1. The second kappa shape index (κ2) is 15.7. The minimum atomic E-state index is -2.86. The molecule has 0 aliphatic heterocycles. The van der Waals surface area contributed by atoms with Crippen LogP contribution in [0.2, 0.25) is 0 Å². The van der Waals surface area contributed by atoms with Crippen LogP contribution in [0.3, 0.4) is 0 Å². The highest BCUT2D eigenvalue weighted by Crippen LogP contribution is 2.42. The van der Waals surface area contributed by atoms with Crippen molar-refractivity contribution in [2.24, 2.45) is 0 Å². The molecule has 60 heavy (non-hydrogen) atoms. The quantitative estimate of drug-likeness (QED) is 0.167. The highest BCUT2D eigenvalue weighted by molar-refractivity contribution is 5.97. The molecule has 0 unspecified atom stereocenters. The second-order valence-electron chi connectivity index (χ2n) is 17.2. The molecule has 0 atom stereocenters. The van der Waals surface area contributed by atoms with Gasteiger partial charge in [0.25, 0.3) is 0 Å². The number of hydrogen-bond acceptors (Lipinski definition) is 3. The number of benzene rings is 6. The lowest BCUT2D eigenvalue weighted by Gasteiger charge is -2.22. The van der Waals surface area contributed by atoms with E-state index in [1.165, 1.54) is 6.20 Å². The summed E-state index contributed by atoms with van der Waals surface area (Å²) in [5, 5.41) is 11.8. The Bertz CT molecular complexity index is 3420. The van der Waals surface area contributed by atoms with E-state index in [-0.39, 0.29) is 16.9 Å². The Hall–Kier alpha value is -6.26. The Morgan fingerprint density at radius 2 is 1.37 bits per heavy atom. The molecule has 0 aliphatic rings. The number of aromatic nitrogens is 3. The molecule has 4 nitrogen and oxygen atoms in total. The molecule has 2 aromatic heterocycles. The standard InChI is InChI=1S/C56H57N3O/c1-33(2)42-26-43(34(3)4)28-44(27-42)40-19-20-51(37(7)25-40)59-52-14-12-13-48(53(52)58-55(59)49-24-36(6)23-38(8)54(49)60)45-29-46(31-47(30-45)56(9,10)11)50-32-41(21-22-57-50)39-17-15-35(5)16-18-39/h12-34,60H,1-11H3/i5D3,7D3,15D,16D,17D,18D,33D,34D. The van der Waals surface area contributed by atoms with Crippen LogP contribution in [0.5, 0.6) is 5.75 Å². The average molecular weight is 800 g/mol. The zero-order valence-electron chi connectivity index (χ0n) is 47.6. The molecule has 302 valence electrons. The lowest BCUT2D eigenvalue weighted by Crippen LogP contribution is -2.11. The Morgan fingerprint density at radius 3 is 2.05 bits per heavy atom. The molecule has 1 N–H and O–H groups in total.